The van der Waals surface area contributed by atoms with Crippen molar-refractivity contribution in [3.05, 3.63) is 82.9 Å². The van der Waals surface area contributed by atoms with Gasteiger partial charge in [0.1, 0.15) is 12.6 Å². The Balaban J connectivity index is 0.000000178. The summed E-state index contributed by atoms with van der Waals surface area (Å²) in [6, 6.07) is 10.1. The van der Waals surface area contributed by atoms with Gasteiger partial charge in [0.25, 0.3) is 0 Å². The highest BCUT2D eigenvalue weighted by Gasteiger charge is 2.31. The lowest BCUT2D eigenvalue weighted by atomic mass is 9.99. The standard InChI is InChI=1S/C14H17F3N2O.C14H16N4/c1-18-2-4-19(5-3-18)9-11-6-12(10-20)8-13(7-11)14(15,16)17;1-15-13-3-2-11-4-5-18(9-12(11)6-13)14-7-16-10-17-8-14/h6-8,10H,2-5,9H2,1H3;2-3,6-8,10,15H,4-5,9H2,1H3. The van der Waals surface area contributed by atoms with Crippen LogP contribution < -0.4 is 10.2 Å². The van der Waals surface area contributed by atoms with Gasteiger partial charge >= 0.3 is 6.18 Å². The smallest absolute Gasteiger partial charge is 0.388 e. The van der Waals surface area contributed by atoms with E-state index in [1.807, 2.05) is 26.5 Å². The number of aromatic nitrogens is 2. The molecule has 3 heterocycles. The second-order valence-corrected chi connectivity index (χ2v) is 9.66. The van der Waals surface area contributed by atoms with Crippen molar-refractivity contribution in [2.75, 3.05) is 57.0 Å². The second kappa shape index (κ2) is 12.4. The Labute approximate surface area is 221 Å². The first kappa shape index (κ1) is 27.5. The van der Waals surface area contributed by atoms with Crippen LogP contribution in [0.4, 0.5) is 24.5 Å². The molecule has 1 saturated heterocycles. The van der Waals surface area contributed by atoms with Crippen LogP contribution in [0.1, 0.15) is 32.6 Å². The minimum absolute atomic E-state index is 0.0731. The predicted molar refractivity (Wildman–Crippen MR) is 142 cm³/mol. The number of carbonyl (C=O) groups is 1. The van der Waals surface area contributed by atoms with E-state index >= 15 is 0 Å². The van der Waals surface area contributed by atoms with Crippen LogP contribution in [-0.2, 0) is 25.7 Å². The molecular weight excluding hydrogens is 493 g/mol. The quantitative estimate of drug-likeness (QED) is 0.496. The van der Waals surface area contributed by atoms with Gasteiger partial charge in [-0.2, -0.15) is 13.2 Å². The van der Waals surface area contributed by atoms with Gasteiger partial charge in [-0.15, -0.1) is 0 Å². The summed E-state index contributed by atoms with van der Waals surface area (Å²) in [6.07, 6.45) is 2.44. The molecule has 7 nitrogen and oxygen atoms in total. The van der Waals surface area contributed by atoms with Gasteiger partial charge < -0.3 is 15.1 Å². The Kier molecular flexibility index (Phi) is 8.96. The number of nitrogens with zero attached hydrogens (tertiary/aromatic N) is 5. The molecule has 3 aromatic rings. The fourth-order valence-electron chi connectivity index (χ4n) is 4.69. The molecule has 0 amide bonds. The monoisotopic (exact) mass is 526 g/mol. The molecule has 1 fully saturated rings. The zero-order valence-electron chi connectivity index (χ0n) is 21.7. The summed E-state index contributed by atoms with van der Waals surface area (Å²) < 4.78 is 38.3. The molecule has 0 radical (unpaired) electrons. The first-order valence-electron chi connectivity index (χ1n) is 12.6. The number of aldehydes is 1. The van der Waals surface area contributed by atoms with Gasteiger partial charge in [-0.1, -0.05) is 6.07 Å². The normalized spacial score (nSPS) is 16.3. The number of anilines is 2. The molecule has 10 heteroatoms. The lowest BCUT2D eigenvalue weighted by Crippen LogP contribution is -2.43. The van der Waals surface area contributed by atoms with Crippen LogP contribution in [0, 0.1) is 0 Å². The lowest BCUT2D eigenvalue weighted by Gasteiger charge is -2.32. The molecule has 1 N–H and O–H groups in total. The SMILES string of the molecule is CN1CCN(Cc2cc(C=O)cc(C(F)(F)F)c2)CC1.CNc1ccc2c(c1)CN(c1cncnc1)CC2. The number of rotatable bonds is 5. The molecule has 0 bridgehead atoms. The molecule has 0 unspecified atom stereocenters. The Morgan fingerprint density at radius 3 is 2.37 bits per heavy atom. The van der Waals surface area contributed by atoms with Crippen LogP contribution in [0.5, 0.6) is 0 Å². The van der Waals surface area contributed by atoms with E-state index in [0.29, 0.717) is 18.4 Å². The number of nitrogens with one attached hydrogen (secondary N) is 1. The van der Waals surface area contributed by atoms with Crippen molar-refractivity contribution >= 4 is 17.7 Å². The number of hydrogen-bond donors (Lipinski definition) is 1. The molecule has 1 aromatic heterocycles. The van der Waals surface area contributed by atoms with Crippen LogP contribution in [0.25, 0.3) is 0 Å². The van der Waals surface area contributed by atoms with Gasteiger partial charge in [0.15, 0.2) is 0 Å². The summed E-state index contributed by atoms with van der Waals surface area (Å²) in [4.78, 5) is 25.6. The molecule has 2 aliphatic heterocycles. The number of halogens is 3. The number of likely N-dealkylation sites (N-methyl/N-ethyl adjacent to an activating group) is 1. The highest BCUT2D eigenvalue weighted by atomic mass is 19.4. The third kappa shape index (κ3) is 7.29. The molecular formula is C28H33F3N6O. The number of benzene rings is 2. The van der Waals surface area contributed by atoms with E-state index in [1.54, 1.807) is 6.33 Å². The third-order valence-corrected chi connectivity index (χ3v) is 6.90. The Morgan fingerprint density at radius 1 is 0.974 bits per heavy atom. The van der Waals surface area contributed by atoms with E-state index in [4.69, 9.17) is 0 Å². The number of hydrogen-bond acceptors (Lipinski definition) is 7. The Bertz CT molecular complexity index is 1210. The van der Waals surface area contributed by atoms with Crippen LogP contribution in [-0.4, -0.2) is 72.9 Å². The summed E-state index contributed by atoms with van der Waals surface area (Å²) in [6.45, 7) is 5.85. The molecule has 0 aliphatic carbocycles. The van der Waals surface area contributed by atoms with Gasteiger partial charge in [-0.05, 0) is 60.5 Å². The van der Waals surface area contributed by atoms with Crippen molar-refractivity contribution in [3.8, 4) is 0 Å². The van der Waals surface area contributed by atoms with E-state index in [2.05, 4.69) is 48.2 Å². The molecule has 0 saturated carbocycles. The fraction of sp³-hybridized carbons (Fsp3) is 0.393. The van der Waals surface area contributed by atoms with Gasteiger partial charge in [-0.3, -0.25) is 9.69 Å². The predicted octanol–water partition coefficient (Wildman–Crippen LogP) is 4.35. The molecule has 202 valence electrons. The van der Waals surface area contributed by atoms with Gasteiger partial charge in [0.05, 0.1) is 23.6 Å². The minimum Gasteiger partial charge on any atom is -0.388 e. The first-order valence-corrected chi connectivity index (χ1v) is 12.6. The van der Waals surface area contributed by atoms with Crippen LogP contribution in [0.15, 0.2) is 55.1 Å². The zero-order valence-corrected chi connectivity index (χ0v) is 21.7. The first-order chi connectivity index (χ1) is 18.2. The van der Waals surface area contributed by atoms with E-state index in [0.717, 1.165) is 63.5 Å². The summed E-state index contributed by atoms with van der Waals surface area (Å²) in [5, 5.41) is 3.19. The average Bonchev–Trinajstić information content (AvgIpc) is 2.94. The van der Waals surface area contributed by atoms with Crippen LogP contribution in [0.3, 0.4) is 0 Å². The number of carbonyl (C=O) groups excluding carboxylic acids is 1. The maximum Gasteiger partial charge on any atom is 0.416 e. The maximum absolute atomic E-state index is 12.8. The molecule has 5 rings (SSSR count). The summed E-state index contributed by atoms with van der Waals surface area (Å²) in [5.74, 6) is 0. The number of piperazine rings is 1. The Hall–Kier alpha value is -3.50. The van der Waals surface area contributed by atoms with Crippen molar-refractivity contribution in [1.29, 1.82) is 0 Å². The summed E-state index contributed by atoms with van der Waals surface area (Å²) in [5.41, 5.74) is 4.94. The number of fused-ring (bicyclic) bond motifs is 1. The Morgan fingerprint density at radius 2 is 1.71 bits per heavy atom. The van der Waals surface area contributed by atoms with Gasteiger partial charge in [0.2, 0.25) is 0 Å². The highest BCUT2D eigenvalue weighted by molar-refractivity contribution is 5.75. The van der Waals surface area contributed by atoms with E-state index in [-0.39, 0.29) is 5.56 Å². The van der Waals surface area contributed by atoms with Crippen LogP contribution in [0.2, 0.25) is 0 Å². The van der Waals surface area contributed by atoms with Gasteiger partial charge in [0, 0.05) is 64.1 Å². The molecule has 2 aliphatic rings. The second-order valence-electron chi connectivity index (χ2n) is 9.66. The summed E-state index contributed by atoms with van der Waals surface area (Å²) in [7, 11) is 3.97. The number of alkyl halides is 3. The van der Waals surface area contributed by atoms with Crippen LogP contribution >= 0.6 is 0 Å². The van der Waals surface area contributed by atoms with Crippen molar-refractivity contribution in [2.24, 2.45) is 0 Å². The largest absolute Gasteiger partial charge is 0.416 e. The molecule has 2 aromatic carbocycles. The molecule has 0 atom stereocenters. The van der Waals surface area contributed by atoms with E-state index < -0.39 is 11.7 Å². The van der Waals surface area contributed by atoms with Crippen molar-refractivity contribution in [1.82, 2.24) is 19.8 Å². The van der Waals surface area contributed by atoms with E-state index in [9.17, 15) is 18.0 Å². The topological polar surface area (TPSA) is 64.6 Å². The molecule has 0 spiro atoms. The van der Waals surface area contributed by atoms with Crippen molar-refractivity contribution in [3.63, 3.8) is 0 Å². The summed E-state index contributed by atoms with van der Waals surface area (Å²) >= 11 is 0. The van der Waals surface area contributed by atoms with Crippen molar-refractivity contribution < 1.29 is 18.0 Å². The molecule has 38 heavy (non-hydrogen) atoms. The zero-order chi connectivity index (χ0) is 27.1. The average molecular weight is 527 g/mol. The highest BCUT2D eigenvalue weighted by Crippen LogP contribution is 2.31. The maximum atomic E-state index is 12.8. The van der Waals surface area contributed by atoms with E-state index in [1.165, 1.54) is 22.9 Å². The third-order valence-electron chi connectivity index (χ3n) is 6.90. The van der Waals surface area contributed by atoms with Gasteiger partial charge in [-0.25, -0.2) is 9.97 Å². The lowest BCUT2D eigenvalue weighted by molar-refractivity contribution is -0.137. The fourth-order valence-corrected chi connectivity index (χ4v) is 4.69. The van der Waals surface area contributed by atoms with Crippen molar-refractivity contribution in [2.45, 2.75) is 25.7 Å². The minimum atomic E-state index is -4.42.